The maximum atomic E-state index is 13.2. The fourth-order valence-corrected chi connectivity index (χ4v) is 2.86. The SMILES string of the molecule is O=C(NCC(c1ccc(F)cc1)N1CCOCC1)c1ccc([N+](=O)[O-])o1.[Cl-]. The number of rotatable bonds is 6. The fourth-order valence-electron chi connectivity index (χ4n) is 2.86. The standard InChI is InChI=1S/C17H18FN3O5.ClH/c18-13-3-1-12(2-4-13)14(20-7-9-25-10-8-20)11-19-17(22)15-5-6-16(26-15)21(23)24;/h1-6,14H,7-11H2,(H,19,22);1H/p-1. The number of benzene rings is 1. The van der Waals surface area contributed by atoms with Gasteiger partial charge in [0, 0.05) is 19.6 Å². The molecule has 0 radical (unpaired) electrons. The van der Waals surface area contributed by atoms with Crippen LogP contribution in [0.1, 0.15) is 22.2 Å². The molecule has 2 aromatic rings. The van der Waals surface area contributed by atoms with E-state index in [0.29, 0.717) is 26.3 Å². The first kappa shape index (κ1) is 20.8. The van der Waals surface area contributed by atoms with E-state index < -0.39 is 16.7 Å². The predicted octanol–water partition coefficient (Wildman–Crippen LogP) is -0.866. The Bertz CT molecular complexity index is 777. The van der Waals surface area contributed by atoms with Crippen molar-refractivity contribution in [1.82, 2.24) is 10.2 Å². The van der Waals surface area contributed by atoms with Crippen LogP contribution in [0.15, 0.2) is 40.8 Å². The van der Waals surface area contributed by atoms with Crippen LogP contribution in [0.25, 0.3) is 0 Å². The molecule has 0 bridgehead atoms. The number of nitrogens with one attached hydrogen (secondary N) is 1. The van der Waals surface area contributed by atoms with Gasteiger partial charge in [0.25, 0.3) is 5.91 Å². The predicted molar refractivity (Wildman–Crippen MR) is 89.2 cm³/mol. The molecule has 0 saturated carbocycles. The van der Waals surface area contributed by atoms with Gasteiger partial charge in [-0.2, -0.15) is 0 Å². The van der Waals surface area contributed by atoms with Crippen molar-refractivity contribution in [3.8, 4) is 0 Å². The highest BCUT2D eigenvalue weighted by Gasteiger charge is 2.24. The number of hydrogen-bond donors (Lipinski definition) is 1. The van der Waals surface area contributed by atoms with Crippen molar-refractivity contribution in [3.63, 3.8) is 0 Å². The Morgan fingerprint density at radius 3 is 2.48 bits per heavy atom. The molecule has 8 nitrogen and oxygen atoms in total. The van der Waals surface area contributed by atoms with Crippen LogP contribution in [0.4, 0.5) is 10.3 Å². The second-order valence-corrected chi connectivity index (χ2v) is 5.82. The Morgan fingerprint density at radius 1 is 1.22 bits per heavy atom. The number of carbonyl (C=O) groups is 1. The third kappa shape index (κ3) is 5.25. The quantitative estimate of drug-likeness (QED) is 0.502. The number of morpholine rings is 1. The van der Waals surface area contributed by atoms with Gasteiger partial charge in [0.05, 0.1) is 25.3 Å². The minimum absolute atomic E-state index is 0. The molecule has 1 fully saturated rings. The zero-order valence-electron chi connectivity index (χ0n) is 14.3. The third-order valence-electron chi connectivity index (χ3n) is 4.19. The largest absolute Gasteiger partial charge is 1.00 e. The number of furan rings is 1. The summed E-state index contributed by atoms with van der Waals surface area (Å²) < 4.78 is 23.5. The molecule has 0 spiro atoms. The van der Waals surface area contributed by atoms with Crippen molar-refractivity contribution < 1.29 is 35.7 Å². The highest BCUT2D eigenvalue weighted by atomic mass is 35.5. The van der Waals surface area contributed by atoms with E-state index >= 15 is 0 Å². The van der Waals surface area contributed by atoms with E-state index in [1.54, 1.807) is 12.1 Å². The van der Waals surface area contributed by atoms with Crippen molar-refractivity contribution in [3.05, 3.63) is 63.7 Å². The summed E-state index contributed by atoms with van der Waals surface area (Å²) >= 11 is 0. The lowest BCUT2D eigenvalue weighted by molar-refractivity contribution is -0.402. The molecule has 1 aromatic heterocycles. The van der Waals surface area contributed by atoms with Crippen LogP contribution in [-0.4, -0.2) is 48.6 Å². The van der Waals surface area contributed by atoms with Crippen LogP contribution >= 0.6 is 0 Å². The second kappa shape index (κ2) is 9.45. The minimum atomic E-state index is -0.703. The van der Waals surface area contributed by atoms with E-state index in [0.717, 1.165) is 11.6 Å². The molecule has 1 atom stereocenters. The normalized spacial score (nSPS) is 15.6. The fraction of sp³-hybridized carbons (Fsp3) is 0.353. The third-order valence-corrected chi connectivity index (χ3v) is 4.19. The van der Waals surface area contributed by atoms with Gasteiger partial charge in [-0.05, 0) is 23.8 Å². The molecule has 1 amide bonds. The van der Waals surface area contributed by atoms with Gasteiger partial charge in [0.1, 0.15) is 10.7 Å². The maximum absolute atomic E-state index is 13.2. The molecule has 1 unspecified atom stereocenters. The van der Waals surface area contributed by atoms with E-state index in [2.05, 4.69) is 10.2 Å². The highest BCUT2D eigenvalue weighted by molar-refractivity contribution is 5.91. The van der Waals surface area contributed by atoms with Gasteiger partial charge in [0.2, 0.25) is 0 Å². The Morgan fingerprint density at radius 2 is 1.89 bits per heavy atom. The van der Waals surface area contributed by atoms with Crippen molar-refractivity contribution in [2.45, 2.75) is 6.04 Å². The van der Waals surface area contributed by atoms with Gasteiger partial charge in [-0.3, -0.25) is 19.8 Å². The zero-order chi connectivity index (χ0) is 18.5. The van der Waals surface area contributed by atoms with Gasteiger partial charge in [-0.1, -0.05) is 12.1 Å². The monoisotopic (exact) mass is 398 g/mol. The van der Waals surface area contributed by atoms with Crippen LogP contribution in [0.3, 0.4) is 0 Å². The maximum Gasteiger partial charge on any atom is 0.433 e. The molecule has 10 heteroatoms. The van der Waals surface area contributed by atoms with Crippen molar-refractivity contribution in [1.29, 1.82) is 0 Å². The summed E-state index contributed by atoms with van der Waals surface area (Å²) in [6, 6.07) is 8.33. The highest BCUT2D eigenvalue weighted by Crippen LogP contribution is 2.22. The van der Waals surface area contributed by atoms with Crippen LogP contribution in [-0.2, 0) is 4.74 Å². The summed E-state index contributed by atoms with van der Waals surface area (Å²) in [6.45, 7) is 2.78. The summed E-state index contributed by atoms with van der Waals surface area (Å²) in [4.78, 5) is 24.3. The number of halogens is 2. The van der Waals surface area contributed by atoms with Gasteiger partial charge >= 0.3 is 5.88 Å². The minimum Gasteiger partial charge on any atom is -1.00 e. The molecule has 1 aliphatic heterocycles. The summed E-state index contributed by atoms with van der Waals surface area (Å²) in [6.07, 6.45) is 0. The molecular weight excluding hydrogens is 381 g/mol. The van der Waals surface area contributed by atoms with E-state index in [1.807, 2.05) is 0 Å². The second-order valence-electron chi connectivity index (χ2n) is 5.82. The van der Waals surface area contributed by atoms with Gasteiger partial charge < -0.3 is 26.9 Å². The Hall–Kier alpha value is -2.49. The lowest BCUT2D eigenvalue weighted by Gasteiger charge is -2.34. The van der Waals surface area contributed by atoms with E-state index in [-0.39, 0.29) is 36.6 Å². The zero-order valence-corrected chi connectivity index (χ0v) is 15.0. The van der Waals surface area contributed by atoms with E-state index in [9.17, 15) is 19.3 Å². The molecule has 27 heavy (non-hydrogen) atoms. The first-order chi connectivity index (χ1) is 12.5. The number of amides is 1. The topological polar surface area (TPSA) is 97.9 Å². The Balaban J connectivity index is 0.00000261. The Labute approximate surface area is 160 Å². The first-order valence-electron chi connectivity index (χ1n) is 8.14. The average Bonchev–Trinajstić information content (AvgIpc) is 3.15. The molecule has 1 aliphatic rings. The molecule has 2 heterocycles. The lowest BCUT2D eigenvalue weighted by atomic mass is 10.0. The molecular formula is C17H18ClFN3O5-. The van der Waals surface area contributed by atoms with Crippen LogP contribution in [0.5, 0.6) is 0 Å². The number of hydrogen-bond acceptors (Lipinski definition) is 6. The number of nitrogens with zero attached hydrogens (tertiary/aromatic N) is 2. The van der Waals surface area contributed by atoms with Crippen molar-refractivity contribution in [2.75, 3.05) is 32.8 Å². The van der Waals surface area contributed by atoms with Gasteiger partial charge in [0.15, 0.2) is 5.76 Å². The number of ether oxygens (including phenoxy) is 1. The van der Waals surface area contributed by atoms with Crippen LogP contribution < -0.4 is 17.7 Å². The average molecular weight is 399 g/mol. The molecule has 3 rings (SSSR count). The molecule has 1 aromatic carbocycles. The van der Waals surface area contributed by atoms with Gasteiger partial charge in [-0.15, -0.1) is 0 Å². The van der Waals surface area contributed by atoms with Crippen LogP contribution in [0.2, 0.25) is 0 Å². The first-order valence-corrected chi connectivity index (χ1v) is 8.14. The smallest absolute Gasteiger partial charge is 0.433 e. The number of nitro groups is 1. The summed E-state index contributed by atoms with van der Waals surface area (Å²) in [5.74, 6) is -1.49. The van der Waals surface area contributed by atoms with Gasteiger partial charge in [-0.25, -0.2) is 4.39 Å². The molecule has 146 valence electrons. The molecule has 1 N–H and O–H groups in total. The van der Waals surface area contributed by atoms with E-state index in [4.69, 9.17) is 9.15 Å². The summed E-state index contributed by atoms with van der Waals surface area (Å²) in [7, 11) is 0. The van der Waals surface area contributed by atoms with E-state index in [1.165, 1.54) is 18.2 Å². The molecule has 1 saturated heterocycles. The lowest BCUT2D eigenvalue weighted by Crippen LogP contribution is -3.00. The van der Waals surface area contributed by atoms with Crippen LogP contribution in [0, 0.1) is 15.9 Å². The Kier molecular flexibility index (Phi) is 7.28. The summed E-state index contributed by atoms with van der Waals surface area (Å²) in [5, 5.41) is 13.4. The van der Waals surface area contributed by atoms with Crippen molar-refractivity contribution in [2.24, 2.45) is 0 Å². The molecule has 0 aliphatic carbocycles. The van der Waals surface area contributed by atoms with Crippen molar-refractivity contribution >= 4 is 11.8 Å². The summed E-state index contributed by atoms with van der Waals surface area (Å²) in [5.41, 5.74) is 0.860. The number of carbonyl (C=O) groups excluding carboxylic acids is 1.